The summed E-state index contributed by atoms with van der Waals surface area (Å²) in [5.74, 6) is 0. The molecule has 0 radical (unpaired) electrons. The number of benzene rings is 1. The first kappa shape index (κ1) is 9.58. The van der Waals surface area contributed by atoms with Crippen molar-refractivity contribution in [3.8, 4) is 0 Å². The van der Waals surface area contributed by atoms with Gasteiger partial charge in [-0.2, -0.15) is 0 Å². The topological polar surface area (TPSA) is 55.1 Å². The van der Waals surface area contributed by atoms with Crippen LogP contribution in [0.25, 0.3) is 0 Å². The highest BCUT2D eigenvalue weighted by Gasteiger charge is 2.20. The Labute approximate surface area is 77.9 Å². The van der Waals surface area contributed by atoms with Gasteiger partial charge in [0, 0.05) is 0 Å². The molecule has 0 atom stereocenters. The molecule has 1 aromatic carbocycles. The monoisotopic (exact) mass is 178 g/mol. The zero-order valence-electron chi connectivity index (χ0n) is 7.87. The Bertz CT molecular complexity index is 293. The van der Waals surface area contributed by atoms with Gasteiger partial charge in [0.15, 0.2) is 0 Å². The SMILES string of the molecule is CC(C)(NC(N)=O)c1ccccc1. The third-order valence-corrected chi connectivity index (χ3v) is 1.93. The van der Waals surface area contributed by atoms with Crippen LogP contribution in [0.2, 0.25) is 0 Å². The van der Waals surface area contributed by atoms with Crippen LogP contribution in [0.5, 0.6) is 0 Å². The summed E-state index contributed by atoms with van der Waals surface area (Å²) in [6, 6.07) is 9.20. The van der Waals surface area contributed by atoms with Gasteiger partial charge in [0.05, 0.1) is 5.54 Å². The van der Waals surface area contributed by atoms with E-state index in [4.69, 9.17) is 5.73 Å². The van der Waals surface area contributed by atoms with E-state index < -0.39 is 11.6 Å². The summed E-state index contributed by atoms with van der Waals surface area (Å²) in [6.07, 6.45) is 0. The van der Waals surface area contributed by atoms with E-state index in [0.717, 1.165) is 5.56 Å². The van der Waals surface area contributed by atoms with Crippen LogP contribution < -0.4 is 11.1 Å². The van der Waals surface area contributed by atoms with Crippen molar-refractivity contribution < 1.29 is 4.79 Å². The summed E-state index contributed by atoms with van der Waals surface area (Å²) in [5, 5.41) is 2.67. The molecule has 0 aromatic heterocycles. The van der Waals surface area contributed by atoms with Crippen LogP contribution in [0, 0.1) is 0 Å². The highest BCUT2D eigenvalue weighted by Crippen LogP contribution is 2.18. The molecule has 0 saturated carbocycles. The highest BCUT2D eigenvalue weighted by molar-refractivity contribution is 5.72. The van der Waals surface area contributed by atoms with Crippen LogP contribution in [-0.2, 0) is 5.54 Å². The summed E-state index contributed by atoms with van der Waals surface area (Å²) < 4.78 is 0. The molecule has 0 aliphatic carbocycles. The predicted octanol–water partition coefficient (Wildman–Crippen LogP) is 1.59. The summed E-state index contributed by atoms with van der Waals surface area (Å²) in [6.45, 7) is 3.82. The van der Waals surface area contributed by atoms with Gasteiger partial charge in [-0.1, -0.05) is 30.3 Å². The van der Waals surface area contributed by atoms with Crippen molar-refractivity contribution in [3.05, 3.63) is 35.9 Å². The number of urea groups is 1. The van der Waals surface area contributed by atoms with Gasteiger partial charge in [0.2, 0.25) is 0 Å². The Balaban J connectivity index is 2.87. The van der Waals surface area contributed by atoms with E-state index in [1.54, 1.807) is 0 Å². The Kier molecular flexibility index (Phi) is 2.56. The van der Waals surface area contributed by atoms with E-state index in [-0.39, 0.29) is 0 Å². The molecule has 0 fully saturated rings. The van der Waals surface area contributed by atoms with E-state index in [0.29, 0.717) is 0 Å². The lowest BCUT2D eigenvalue weighted by Gasteiger charge is -2.25. The minimum atomic E-state index is -0.506. The maximum absolute atomic E-state index is 10.7. The molecule has 0 aliphatic rings. The molecule has 3 nitrogen and oxygen atoms in total. The normalized spacial score (nSPS) is 10.9. The summed E-state index contributed by atoms with van der Waals surface area (Å²) in [4.78, 5) is 10.7. The Hall–Kier alpha value is -1.51. The van der Waals surface area contributed by atoms with Crippen molar-refractivity contribution in [2.45, 2.75) is 19.4 Å². The third kappa shape index (κ3) is 2.47. The fraction of sp³-hybridized carbons (Fsp3) is 0.300. The number of carbonyl (C=O) groups is 1. The van der Waals surface area contributed by atoms with Crippen molar-refractivity contribution in [2.75, 3.05) is 0 Å². The second-order valence-corrected chi connectivity index (χ2v) is 3.48. The summed E-state index contributed by atoms with van der Waals surface area (Å²) in [5.41, 5.74) is 5.69. The Morgan fingerprint density at radius 1 is 1.31 bits per heavy atom. The van der Waals surface area contributed by atoms with Gasteiger partial charge in [-0.05, 0) is 19.4 Å². The number of carbonyl (C=O) groups excluding carboxylic acids is 1. The minimum Gasteiger partial charge on any atom is -0.352 e. The second-order valence-electron chi connectivity index (χ2n) is 3.48. The first-order valence-corrected chi connectivity index (χ1v) is 4.15. The van der Waals surface area contributed by atoms with Gasteiger partial charge >= 0.3 is 6.03 Å². The van der Waals surface area contributed by atoms with Gasteiger partial charge in [0.1, 0.15) is 0 Å². The van der Waals surface area contributed by atoms with Crippen molar-refractivity contribution in [3.63, 3.8) is 0 Å². The maximum Gasteiger partial charge on any atom is 0.312 e. The summed E-state index contributed by atoms with van der Waals surface area (Å²) in [7, 11) is 0. The molecule has 3 heteroatoms. The maximum atomic E-state index is 10.7. The van der Waals surface area contributed by atoms with E-state index in [2.05, 4.69) is 5.32 Å². The van der Waals surface area contributed by atoms with E-state index in [9.17, 15) is 4.79 Å². The predicted molar refractivity (Wildman–Crippen MR) is 52.2 cm³/mol. The molecule has 0 aliphatic heterocycles. The molecule has 0 unspecified atom stereocenters. The molecule has 0 heterocycles. The number of nitrogens with one attached hydrogen (secondary N) is 1. The largest absolute Gasteiger partial charge is 0.352 e. The summed E-state index contributed by atoms with van der Waals surface area (Å²) >= 11 is 0. The van der Waals surface area contributed by atoms with Crippen molar-refractivity contribution in [1.82, 2.24) is 5.32 Å². The van der Waals surface area contributed by atoms with E-state index in [1.165, 1.54) is 0 Å². The molecular formula is C10H14N2O. The van der Waals surface area contributed by atoms with E-state index in [1.807, 2.05) is 44.2 Å². The van der Waals surface area contributed by atoms with Crippen LogP contribution >= 0.6 is 0 Å². The third-order valence-electron chi connectivity index (χ3n) is 1.93. The zero-order chi connectivity index (χ0) is 9.90. The van der Waals surface area contributed by atoms with Gasteiger partial charge < -0.3 is 11.1 Å². The number of hydrogen-bond donors (Lipinski definition) is 2. The number of nitrogens with two attached hydrogens (primary N) is 1. The average Bonchev–Trinajstić information content (AvgIpc) is 2.04. The lowest BCUT2D eigenvalue weighted by Crippen LogP contribution is -2.43. The number of rotatable bonds is 2. The van der Waals surface area contributed by atoms with E-state index >= 15 is 0 Å². The average molecular weight is 178 g/mol. The zero-order valence-corrected chi connectivity index (χ0v) is 7.87. The van der Waals surface area contributed by atoms with Gasteiger partial charge in [-0.3, -0.25) is 0 Å². The molecule has 1 aromatic rings. The van der Waals surface area contributed by atoms with Crippen LogP contribution in [0.1, 0.15) is 19.4 Å². The van der Waals surface area contributed by atoms with Crippen LogP contribution in [0.4, 0.5) is 4.79 Å². The lowest BCUT2D eigenvalue weighted by atomic mass is 9.95. The van der Waals surface area contributed by atoms with Crippen LogP contribution in [0.15, 0.2) is 30.3 Å². The number of amides is 2. The van der Waals surface area contributed by atoms with Crippen molar-refractivity contribution in [2.24, 2.45) is 5.73 Å². The molecule has 3 N–H and O–H groups in total. The fourth-order valence-corrected chi connectivity index (χ4v) is 1.23. The van der Waals surface area contributed by atoms with Crippen LogP contribution in [0.3, 0.4) is 0 Å². The Morgan fingerprint density at radius 2 is 1.85 bits per heavy atom. The molecule has 0 saturated heterocycles. The molecule has 0 spiro atoms. The van der Waals surface area contributed by atoms with Gasteiger partial charge in [0.25, 0.3) is 0 Å². The molecule has 70 valence electrons. The molecule has 2 amide bonds. The smallest absolute Gasteiger partial charge is 0.312 e. The Morgan fingerprint density at radius 3 is 2.31 bits per heavy atom. The first-order chi connectivity index (χ1) is 6.02. The van der Waals surface area contributed by atoms with Crippen LogP contribution in [-0.4, -0.2) is 6.03 Å². The molecular weight excluding hydrogens is 164 g/mol. The quantitative estimate of drug-likeness (QED) is 0.710. The number of hydrogen-bond acceptors (Lipinski definition) is 1. The highest BCUT2D eigenvalue weighted by atomic mass is 16.2. The number of primary amides is 1. The molecule has 13 heavy (non-hydrogen) atoms. The molecule has 1 rings (SSSR count). The second kappa shape index (κ2) is 3.47. The van der Waals surface area contributed by atoms with Crippen molar-refractivity contribution in [1.29, 1.82) is 0 Å². The lowest BCUT2D eigenvalue weighted by molar-refractivity contribution is 0.238. The standard InChI is InChI=1S/C10H14N2O/c1-10(2,12-9(11)13)8-6-4-3-5-7-8/h3-7H,1-2H3,(H3,11,12,13). The van der Waals surface area contributed by atoms with Gasteiger partial charge in [-0.25, -0.2) is 4.79 Å². The fourth-order valence-electron chi connectivity index (χ4n) is 1.23. The molecule has 0 bridgehead atoms. The van der Waals surface area contributed by atoms with Gasteiger partial charge in [-0.15, -0.1) is 0 Å². The first-order valence-electron chi connectivity index (χ1n) is 4.15. The van der Waals surface area contributed by atoms with Crippen molar-refractivity contribution >= 4 is 6.03 Å². The minimum absolute atomic E-state index is 0.410.